The van der Waals surface area contributed by atoms with Gasteiger partial charge in [-0.1, -0.05) is 26.2 Å². The highest BCUT2D eigenvalue weighted by Gasteiger charge is 2.35. The molecule has 0 aromatic heterocycles. The molecule has 3 heteroatoms. The van der Waals surface area contributed by atoms with Crippen molar-refractivity contribution in [2.24, 2.45) is 11.8 Å². The van der Waals surface area contributed by atoms with Gasteiger partial charge in [-0.15, -0.1) is 0 Å². The number of nitrogens with zero attached hydrogens (tertiary/aromatic N) is 1. The molecular formula is C18H35N3. The molecule has 0 spiro atoms. The van der Waals surface area contributed by atoms with Crippen LogP contribution in [0.5, 0.6) is 0 Å². The normalized spacial score (nSPS) is 42.9. The fourth-order valence-electron chi connectivity index (χ4n) is 4.97. The van der Waals surface area contributed by atoms with Gasteiger partial charge >= 0.3 is 0 Å². The van der Waals surface area contributed by atoms with E-state index in [0.29, 0.717) is 0 Å². The molecule has 2 saturated heterocycles. The van der Waals surface area contributed by atoms with Gasteiger partial charge in [0.2, 0.25) is 0 Å². The topological polar surface area (TPSA) is 27.3 Å². The average molecular weight is 293 g/mol. The molecule has 3 aliphatic rings. The predicted molar refractivity (Wildman–Crippen MR) is 89.6 cm³/mol. The van der Waals surface area contributed by atoms with Crippen molar-refractivity contribution in [1.82, 2.24) is 15.5 Å². The van der Waals surface area contributed by atoms with Crippen LogP contribution in [0, 0.1) is 11.8 Å². The zero-order valence-corrected chi connectivity index (χ0v) is 14.1. The van der Waals surface area contributed by atoms with Gasteiger partial charge in [-0.05, 0) is 64.1 Å². The third-order valence-electron chi connectivity index (χ3n) is 6.22. The molecule has 5 unspecified atom stereocenters. The summed E-state index contributed by atoms with van der Waals surface area (Å²) in [5, 5.41) is 7.93. The zero-order chi connectivity index (χ0) is 14.7. The van der Waals surface area contributed by atoms with E-state index < -0.39 is 0 Å². The summed E-state index contributed by atoms with van der Waals surface area (Å²) in [6.07, 6.45) is 11.3. The minimum absolute atomic E-state index is 0.746. The minimum Gasteiger partial charge on any atom is -0.314 e. The van der Waals surface area contributed by atoms with Crippen LogP contribution in [0.25, 0.3) is 0 Å². The van der Waals surface area contributed by atoms with Gasteiger partial charge in [-0.25, -0.2) is 0 Å². The Morgan fingerprint density at radius 3 is 2.52 bits per heavy atom. The highest BCUT2D eigenvalue weighted by Crippen LogP contribution is 2.31. The quantitative estimate of drug-likeness (QED) is 0.837. The van der Waals surface area contributed by atoms with Gasteiger partial charge in [0, 0.05) is 24.7 Å². The molecule has 0 aromatic rings. The molecule has 3 nitrogen and oxygen atoms in total. The van der Waals surface area contributed by atoms with Crippen LogP contribution in [-0.4, -0.2) is 49.7 Å². The van der Waals surface area contributed by atoms with E-state index in [-0.39, 0.29) is 0 Å². The van der Waals surface area contributed by atoms with E-state index in [2.05, 4.69) is 29.5 Å². The van der Waals surface area contributed by atoms with Crippen LogP contribution in [-0.2, 0) is 0 Å². The molecule has 3 rings (SSSR count). The maximum Gasteiger partial charge on any atom is 0.0120 e. The summed E-state index contributed by atoms with van der Waals surface area (Å²) in [6.45, 7) is 6.21. The molecule has 0 radical (unpaired) electrons. The summed E-state index contributed by atoms with van der Waals surface area (Å²) < 4.78 is 0. The molecule has 122 valence electrons. The van der Waals surface area contributed by atoms with Crippen molar-refractivity contribution in [1.29, 1.82) is 0 Å². The van der Waals surface area contributed by atoms with Gasteiger partial charge in [0.05, 0.1) is 0 Å². The standard InChI is InChI=1S/C18H35N3/c1-14-13-21(2)12-10-16(14)20-18-9-4-3-7-15(18)17-8-5-6-11-19-17/h14-20H,3-13H2,1-2H3. The molecule has 2 N–H and O–H groups in total. The lowest BCUT2D eigenvalue weighted by molar-refractivity contribution is 0.123. The zero-order valence-electron chi connectivity index (χ0n) is 14.1. The first-order valence-electron chi connectivity index (χ1n) is 9.42. The maximum atomic E-state index is 4.11. The Balaban J connectivity index is 1.58. The largest absolute Gasteiger partial charge is 0.314 e. The summed E-state index contributed by atoms with van der Waals surface area (Å²) >= 11 is 0. The van der Waals surface area contributed by atoms with Crippen LogP contribution < -0.4 is 10.6 Å². The van der Waals surface area contributed by atoms with E-state index in [0.717, 1.165) is 30.0 Å². The molecule has 3 fully saturated rings. The number of piperidine rings is 2. The Kier molecular flexibility index (Phi) is 5.58. The van der Waals surface area contributed by atoms with Crippen molar-refractivity contribution in [3.05, 3.63) is 0 Å². The smallest absolute Gasteiger partial charge is 0.0120 e. The van der Waals surface area contributed by atoms with Crippen LogP contribution in [0.15, 0.2) is 0 Å². The Hall–Kier alpha value is -0.120. The van der Waals surface area contributed by atoms with Crippen LogP contribution in [0.1, 0.15) is 58.3 Å². The second-order valence-electron chi connectivity index (χ2n) is 7.91. The molecule has 0 amide bonds. The monoisotopic (exact) mass is 293 g/mol. The van der Waals surface area contributed by atoms with E-state index in [1.807, 2.05) is 0 Å². The lowest BCUT2D eigenvalue weighted by Gasteiger charge is -2.44. The molecule has 5 atom stereocenters. The summed E-state index contributed by atoms with van der Waals surface area (Å²) in [7, 11) is 2.27. The first-order valence-corrected chi connectivity index (χ1v) is 9.42. The fourth-order valence-corrected chi connectivity index (χ4v) is 4.97. The van der Waals surface area contributed by atoms with Crippen LogP contribution in [0.2, 0.25) is 0 Å². The van der Waals surface area contributed by atoms with E-state index in [9.17, 15) is 0 Å². The van der Waals surface area contributed by atoms with Gasteiger partial charge in [0.1, 0.15) is 0 Å². The number of rotatable bonds is 3. The van der Waals surface area contributed by atoms with Crippen LogP contribution >= 0.6 is 0 Å². The van der Waals surface area contributed by atoms with Crippen molar-refractivity contribution < 1.29 is 0 Å². The highest BCUT2D eigenvalue weighted by atomic mass is 15.1. The Morgan fingerprint density at radius 2 is 1.76 bits per heavy atom. The van der Waals surface area contributed by atoms with Crippen LogP contribution in [0.4, 0.5) is 0 Å². The lowest BCUT2D eigenvalue weighted by Crippen LogP contribution is -2.56. The molecule has 2 aliphatic heterocycles. The molecule has 1 aliphatic carbocycles. The van der Waals surface area contributed by atoms with Gasteiger partial charge in [0.25, 0.3) is 0 Å². The van der Waals surface area contributed by atoms with Crippen molar-refractivity contribution in [2.75, 3.05) is 26.7 Å². The third-order valence-corrected chi connectivity index (χ3v) is 6.22. The number of hydrogen-bond donors (Lipinski definition) is 2. The van der Waals surface area contributed by atoms with Gasteiger partial charge in [-0.3, -0.25) is 0 Å². The second kappa shape index (κ2) is 7.43. The average Bonchev–Trinajstić information content (AvgIpc) is 2.51. The van der Waals surface area contributed by atoms with Gasteiger partial charge in [-0.2, -0.15) is 0 Å². The molecular weight excluding hydrogens is 258 g/mol. The predicted octanol–water partition coefficient (Wildman–Crippen LogP) is 2.62. The number of likely N-dealkylation sites (tertiary alicyclic amines) is 1. The van der Waals surface area contributed by atoms with Crippen molar-refractivity contribution in [3.63, 3.8) is 0 Å². The number of hydrogen-bond acceptors (Lipinski definition) is 3. The van der Waals surface area contributed by atoms with Gasteiger partial charge < -0.3 is 15.5 Å². The molecule has 0 bridgehead atoms. The van der Waals surface area contributed by atoms with Crippen molar-refractivity contribution in [3.8, 4) is 0 Å². The van der Waals surface area contributed by atoms with Gasteiger partial charge in [0.15, 0.2) is 0 Å². The highest BCUT2D eigenvalue weighted by molar-refractivity contribution is 4.93. The first-order chi connectivity index (χ1) is 10.2. The fraction of sp³-hybridized carbons (Fsp3) is 1.00. The molecule has 21 heavy (non-hydrogen) atoms. The summed E-state index contributed by atoms with van der Waals surface area (Å²) in [5.74, 6) is 1.68. The summed E-state index contributed by atoms with van der Waals surface area (Å²) in [6, 6.07) is 2.30. The van der Waals surface area contributed by atoms with Crippen LogP contribution in [0.3, 0.4) is 0 Å². The SMILES string of the molecule is CC1CN(C)CCC1NC1CCCCC1C1CCCCN1. The maximum absolute atomic E-state index is 4.11. The van der Waals surface area contributed by atoms with E-state index in [1.165, 1.54) is 71.0 Å². The molecule has 1 saturated carbocycles. The Bertz CT molecular complexity index is 314. The Morgan fingerprint density at radius 1 is 0.952 bits per heavy atom. The minimum atomic E-state index is 0.746. The number of nitrogens with one attached hydrogen (secondary N) is 2. The Labute approximate surface area is 131 Å². The first kappa shape index (κ1) is 15.8. The van der Waals surface area contributed by atoms with Crippen molar-refractivity contribution >= 4 is 0 Å². The molecule has 2 heterocycles. The van der Waals surface area contributed by atoms with Crippen molar-refractivity contribution in [2.45, 2.75) is 76.4 Å². The lowest BCUT2D eigenvalue weighted by atomic mass is 9.76. The van der Waals surface area contributed by atoms with E-state index >= 15 is 0 Å². The van der Waals surface area contributed by atoms with E-state index in [4.69, 9.17) is 0 Å². The molecule has 0 aromatic carbocycles. The van der Waals surface area contributed by atoms with E-state index in [1.54, 1.807) is 0 Å². The second-order valence-corrected chi connectivity index (χ2v) is 7.91. The summed E-state index contributed by atoms with van der Waals surface area (Å²) in [5.41, 5.74) is 0. The summed E-state index contributed by atoms with van der Waals surface area (Å²) in [4.78, 5) is 2.49. The third kappa shape index (κ3) is 4.00.